The van der Waals surface area contributed by atoms with Crippen molar-refractivity contribution in [1.82, 2.24) is 5.32 Å². The highest BCUT2D eigenvalue weighted by atomic mass is 16.4. The summed E-state index contributed by atoms with van der Waals surface area (Å²) in [6, 6.07) is 0. The van der Waals surface area contributed by atoms with Crippen LogP contribution in [0.25, 0.3) is 0 Å². The van der Waals surface area contributed by atoms with Crippen LogP contribution >= 0.6 is 0 Å². The van der Waals surface area contributed by atoms with Gasteiger partial charge in [0.25, 0.3) is 0 Å². The summed E-state index contributed by atoms with van der Waals surface area (Å²) in [6.07, 6.45) is 13.4. The monoisotopic (exact) mass is 241 g/mol. The van der Waals surface area contributed by atoms with Gasteiger partial charge in [-0.3, -0.25) is 0 Å². The van der Waals surface area contributed by atoms with Gasteiger partial charge in [-0.05, 0) is 13.0 Å². The van der Waals surface area contributed by atoms with E-state index in [1.807, 2.05) is 0 Å². The number of rotatable bonds is 12. The number of nitrogens with one attached hydrogen (secondary N) is 1. The zero-order chi connectivity index (χ0) is 12.8. The first kappa shape index (κ1) is 16.2. The van der Waals surface area contributed by atoms with Gasteiger partial charge in [0, 0.05) is 12.6 Å². The molecule has 0 atom stereocenters. The maximum absolute atomic E-state index is 10.2. The second-order valence-corrected chi connectivity index (χ2v) is 4.42. The SMILES string of the molecule is CCCCCCCCCCNC/C=C/C(=O)O. The normalized spacial score (nSPS) is 11.1. The molecule has 0 aromatic carbocycles. The molecule has 3 heteroatoms. The molecular weight excluding hydrogens is 214 g/mol. The third kappa shape index (κ3) is 15.2. The highest BCUT2D eigenvalue weighted by molar-refractivity contribution is 5.79. The summed E-state index contributed by atoms with van der Waals surface area (Å²) in [6.45, 7) is 3.88. The van der Waals surface area contributed by atoms with Crippen LogP contribution in [0.1, 0.15) is 58.3 Å². The van der Waals surface area contributed by atoms with Gasteiger partial charge in [0.2, 0.25) is 0 Å². The van der Waals surface area contributed by atoms with Crippen LogP contribution in [-0.4, -0.2) is 24.2 Å². The van der Waals surface area contributed by atoms with Gasteiger partial charge in [0.15, 0.2) is 0 Å². The summed E-state index contributed by atoms with van der Waals surface area (Å²) in [4.78, 5) is 10.2. The van der Waals surface area contributed by atoms with E-state index in [9.17, 15) is 4.79 Å². The lowest BCUT2D eigenvalue weighted by Crippen LogP contribution is -2.15. The molecular formula is C14H27NO2. The zero-order valence-corrected chi connectivity index (χ0v) is 11.1. The average molecular weight is 241 g/mol. The zero-order valence-electron chi connectivity index (χ0n) is 11.1. The predicted molar refractivity (Wildman–Crippen MR) is 72.3 cm³/mol. The standard InChI is InChI=1S/C14H27NO2/c1-2-3-4-5-6-7-8-9-12-15-13-10-11-14(16)17/h10-11,15H,2-9,12-13H2,1H3,(H,16,17)/b11-10+. The summed E-state index contributed by atoms with van der Waals surface area (Å²) in [5.41, 5.74) is 0. The Labute approximate surface area is 105 Å². The Kier molecular flexibility index (Phi) is 12.6. The minimum Gasteiger partial charge on any atom is -0.478 e. The Morgan fingerprint density at radius 1 is 1.06 bits per heavy atom. The van der Waals surface area contributed by atoms with Gasteiger partial charge in [-0.25, -0.2) is 4.79 Å². The van der Waals surface area contributed by atoms with E-state index in [4.69, 9.17) is 5.11 Å². The van der Waals surface area contributed by atoms with Crippen molar-refractivity contribution in [3.05, 3.63) is 12.2 Å². The van der Waals surface area contributed by atoms with Crippen molar-refractivity contribution in [2.75, 3.05) is 13.1 Å². The lowest BCUT2D eigenvalue weighted by molar-refractivity contribution is -0.131. The molecule has 0 saturated carbocycles. The van der Waals surface area contributed by atoms with E-state index in [-0.39, 0.29) is 0 Å². The molecule has 0 aliphatic rings. The van der Waals surface area contributed by atoms with Gasteiger partial charge in [0.1, 0.15) is 0 Å². The topological polar surface area (TPSA) is 49.3 Å². The van der Waals surface area contributed by atoms with Gasteiger partial charge >= 0.3 is 5.97 Å². The Bertz CT molecular complexity index is 202. The molecule has 0 heterocycles. The van der Waals surface area contributed by atoms with Crippen LogP contribution in [0.5, 0.6) is 0 Å². The molecule has 0 amide bonds. The van der Waals surface area contributed by atoms with Crippen LogP contribution in [0.3, 0.4) is 0 Å². The Hall–Kier alpha value is -0.830. The first-order valence-corrected chi connectivity index (χ1v) is 6.87. The van der Waals surface area contributed by atoms with Crippen LogP contribution in [0, 0.1) is 0 Å². The third-order valence-electron chi connectivity index (χ3n) is 2.73. The Balaban J connectivity index is 3.01. The molecule has 0 fully saturated rings. The summed E-state index contributed by atoms with van der Waals surface area (Å²) in [7, 11) is 0. The van der Waals surface area contributed by atoms with Crippen molar-refractivity contribution in [2.24, 2.45) is 0 Å². The summed E-state index contributed by atoms with van der Waals surface area (Å²) < 4.78 is 0. The second kappa shape index (κ2) is 13.2. The number of unbranched alkanes of at least 4 members (excludes halogenated alkanes) is 7. The lowest BCUT2D eigenvalue weighted by atomic mass is 10.1. The number of hydrogen-bond donors (Lipinski definition) is 2. The minimum atomic E-state index is -0.876. The van der Waals surface area contributed by atoms with Crippen LogP contribution in [-0.2, 0) is 4.79 Å². The first-order valence-electron chi connectivity index (χ1n) is 6.87. The molecule has 0 saturated heterocycles. The third-order valence-corrected chi connectivity index (χ3v) is 2.73. The second-order valence-electron chi connectivity index (χ2n) is 4.42. The number of aliphatic carboxylic acids is 1. The van der Waals surface area contributed by atoms with Crippen molar-refractivity contribution < 1.29 is 9.90 Å². The number of carbonyl (C=O) groups is 1. The fourth-order valence-corrected chi connectivity index (χ4v) is 1.73. The molecule has 0 aliphatic carbocycles. The van der Waals surface area contributed by atoms with E-state index in [1.165, 1.54) is 57.4 Å². The molecule has 0 spiro atoms. The molecule has 0 bridgehead atoms. The molecule has 3 nitrogen and oxygen atoms in total. The van der Waals surface area contributed by atoms with E-state index in [2.05, 4.69) is 12.2 Å². The van der Waals surface area contributed by atoms with E-state index >= 15 is 0 Å². The van der Waals surface area contributed by atoms with E-state index in [0.29, 0.717) is 6.54 Å². The molecule has 0 radical (unpaired) electrons. The molecule has 17 heavy (non-hydrogen) atoms. The molecule has 0 unspecified atom stereocenters. The highest BCUT2D eigenvalue weighted by Gasteiger charge is 1.91. The number of carboxylic acids is 1. The highest BCUT2D eigenvalue weighted by Crippen LogP contribution is 2.07. The maximum Gasteiger partial charge on any atom is 0.328 e. The molecule has 0 rings (SSSR count). The molecule has 0 aromatic heterocycles. The lowest BCUT2D eigenvalue weighted by Gasteiger charge is -2.02. The molecule has 0 aromatic rings. The largest absolute Gasteiger partial charge is 0.478 e. The fraction of sp³-hybridized carbons (Fsp3) is 0.786. The summed E-state index contributed by atoms with van der Waals surface area (Å²) >= 11 is 0. The van der Waals surface area contributed by atoms with Crippen molar-refractivity contribution in [3.63, 3.8) is 0 Å². The van der Waals surface area contributed by atoms with Crippen LogP contribution in [0.2, 0.25) is 0 Å². The van der Waals surface area contributed by atoms with Gasteiger partial charge in [-0.1, -0.05) is 57.9 Å². The molecule has 2 N–H and O–H groups in total. The van der Waals surface area contributed by atoms with Crippen LogP contribution in [0.15, 0.2) is 12.2 Å². The first-order chi connectivity index (χ1) is 8.27. The number of hydrogen-bond acceptors (Lipinski definition) is 2. The minimum absolute atomic E-state index is 0.656. The quantitative estimate of drug-likeness (QED) is 0.407. The van der Waals surface area contributed by atoms with Gasteiger partial charge in [-0.2, -0.15) is 0 Å². The van der Waals surface area contributed by atoms with Gasteiger partial charge < -0.3 is 10.4 Å². The number of carboxylic acid groups (broad SMARTS) is 1. The van der Waals surface area contributed by atoms with Gasteiger partial charge in [-0.15, -0.1) is 0 Å². The van der Waals surface area contributed by atoms with Crippen molar-refractivity contribution >= 4 is 5.97 Å². The Morgan fingerprint density at radius 3 is 2.24 bits per heavy atom. The smallest absolute Gasteiger partial charge is 0.328 e. The summed E-state index contributed by atoms with van der Waals surface area (Å²) in [5.74, 6) is -0.876. The fourth-order valence-electron chi connectivity index (χ4n) is 1.73. The van der Waals surface area contributed by atoms with E-state index < -0.39 is 5.97 Å². The average Bonchev–Trinajstić information content (AvgIpc) is 2.30. The van der Waals surface area contributed by atoms with Gasteiger partial charge in [0.05, 0.1) is 0 Å². The van der Waals surface area contributed by atoms with Crippen molar-refractivity contribution in [1.29, 1.82) is 0 Å². The van der Waals surface area contributed by atoms with Crippen LogP contribution in [0.4, 0.5) is 0 Å². The van der Waals surface area contributed by atoms with E-state index in [0.717, 1.165) is 6.54 Å². The maximum atomic E-state index is 10.2. The summed E-state index contributed by atoms with van der Waals surface area (Å²) in [5, 5.41) is 11.6. The van der Waals surface area contributed by atoms with Crippen molar-refractivity contribution in [2.45, 2.75) is 58.3 Å². The van der Waals surface area contributed by atoms with E-state index in [1.54, 1.807) is 6.08 Å². The molecule has 100 valence electrons. The van der Waals surface area contributed by atoms with Crippen LogP contribution < -0.4 is 5.32 Å². The van der Waals surface area contributed by atoms with Crippen molar-refractivity contribution in [3.8, 4) is 0 Å². The Morgan fingerprint density at radius 2 is 1.65 bits per heavy atom. The molecule has 0 aliphatic heterocycles. The predicted octanol–water partition coefficient (Wildman–Crippen LogP) is 3.36.